The summed E-state index contributed by atoms with van der Waals surface area (Å²) in [6.07, 6.45) is 6.78. The molecule has 0 bridgehead atoms. The van der Waals surface area contributed by atoms with Crippen LogP contribution in [0.2, 0.25) is 0 Å². The SMILES string of the molecule is C=CCC1C=C(/C=C2\N=C3NC(C)=C(C(=O)OC)C(c4ccc(OC)cc4)C3C2=O)c2ccccc21. The Morgan fingerprint density at radius 1 is 1.11 bits per heavy atom. The average Bonchev–Trinajstić information content (AvgIpc) is 3.40. The number of methoxy groups -OCH3 is 2. The molecule has 0 aromatic heterocycles. The molecule has 2 aromatic carbocycles. The largest absolute Gasteiger partial charge is 0.497 e. The van der Waals surface area contributed by atoms with E-state index in [9.17, 15) is 9.59 Å². The van der Waals surface area contributed by atoms with Crippen LogP contribution in [-0.2, 0) is 14.3 Å². The maximum atomic E-state index is 13.9. The molecule has 0 radical (unpaired) electrons. The Labute approximate surface area is 210 Å². The van der Waals surface area contributed by atoms with Crippen molar-refractivity contribution in [2.24, 2.45) is 10.9 Å². The molecule has 0 fully saturated rings. The maximum absolute atomic E-state index is 13.9. The molecule has 36 heavy (non-hydrogen) atoms. The molecule has 1 aliphatic carbocycles. The number of esters is 1. The first kappa shape index (κ1) is 23.5. The Bertz CT molecular complexity index is 1380. The first-order chi connectivity index (χ1) is 17.5. The van der Waals surface area contributed by atoms with E-state index in [1.807, 2.05) is 55.5 Å². The lowest BCUT2D eigenvalue weighted by Gasteiger charge is -2.32. The number of hydrogen-bond acceptors (Lipinski definition) is 6. The van der Waals surface area contributed by atoms with E-state index in [1.165, 1.54) is 12.7 Å². The van der Waals surface area contributed by atoms with Crippen LogP contribution >= 0.6 is 0 Å². The fraction of sp³-hybridized carbons (Fsp3) is 0.233. The number of hydrogen-bond donors (Lipinski definition) is 1. The molecule has 0 spiro atoms. The Balaban J connectivity index is 1.57. The Hall–Kier alpha value is -4.19. The molecule has 0 saturated carbocycles. The summed E-state index contributed by atoms with van der Waals surface area (Å²) in [7, 11) is 2.95. The number of fused-ring (bicyclic) bond motifs is 2. The van der Waals surface area contributed by atoms with Crippen molar-refractivity contribution in [3.63, 3.8) is 0 Å². The summed E-state index contributed by atoms with van der Waals surface area (Å²) in [5, 5.41) is 3.21. The summed E-state index contributed by atoms with van der Waals surface area (Å²) >= 11 is 0. The number of carbonyl (C=O) groups is 2. The highest BCUT2D eigenvalue weighted by Gasteiger charge is 2.47. The predicted octanol–water partition coefficient (Wildman–Crippen LogP) is 5.07. The van der Waals surface area contributed by atoms with E-state index in [0.29, 0.717) is 28.6 Å². The van der Waals surface area contributed by atoms with Crippen LogP contribution in [0.1, 0.15) is 41.9 Å². The quantitative estimate of drug-likeness (QED) is 0.355. The minimum absolute atomic E-state index is 0.127. The van der Waals surface area contributed by atoms with E-state index in [2.05, 4.69) is 30.1 Å². The highest BCUT2D eigenvalue weighted by Crippen LogP contribution is 2.44. The van der Waals surface area contributed by atoms with Crippen molar-refractivity contribution in [3.05, 3.63) is 107 Å². The van der Waals surface area contributed by atoms with Gasteiger partial charge in [0.1, 0.15) is 17.3 Å². The van der Waals surface area contributed by atoms with Crippen LogP contribution in [0.5, 0.6) is 5.75 Å². The summed E-state index contributed by atoms with van der Waals surface area (Å²) in [6, 6.07) is 15.6. The maximum Gasteiger partial charge on any atom is 0.336 e. The van der Waals surface area contributed by atoms with Crippen LogP contribution < -0.4 is 10.1 Å². The molecule has 2 aromatic rings. The highest BCUT2D eigenvalue weighted by molar-refractivity contribution is 6.21. The molecule has 0 saturated heterocycles. The third-order valence-corrected chi connectivity index (χ3v) is 7.08. The molecule has 6 heteroatoms. The molecular weight excluding hydrogens is 452 g/mol. The van der Waals surface area contributed by atoms with Crippen LogP contribution in [0, 0.1) is 5.92 Å². The van der Waals surface area contributed by atoms with Gasteiger partial charge in [-0.05, 0) is 53.8 Å². The van der Waals surface area contributed by atoms with Gasteiger partial charge in [0.15, 0.2) is 5.78 Å². The second-order valence-corrected chi connectivity index (χ2v) is 9.11. The fourth-order valence-electron chi connectivity index (χ4n) is 5.40. The Morgan fingerprint density at radius 2 is 1.86 bits per heavy atom. The number of benzene rings is 2. The molecule has 3 atom stereocenters. The zero-order valence-corrected chi connectivity index (χ0v) is 20.6. The normalized spacial score (nSPS) is 23.5. The fourth-order valence-corrected chi connectivity index (χ4v) is 5.40. The van der Waals surface area contributed by atoms with Crippen molar-refractivity contribution >= 4 is 23.2 Å². The molecular formula is C30H28N2O4. The van der Waals surface area contributed by atoms with Gasteiger partial charge in [-0.25, -0.2) is 9.79 Å². The number of nitrogens with zero attached hydrogens (tertiary/aromatic N) is 1. The topological polar surface area (TPSA) is 77.0 Å². The Kier molecular flexibility index (Phi) is 6.18. The van der Waals surface area contributed by atoms with E-state index in [-0.39, 0.29) is 11.7 Å². The van der Waals surface area contributed by atoms with Gasteiger partial charge in [0, 0.05) is 17.5 Å². The van der Waals surface area contributed by atoms with Crippen LogP contribution in [0.4, 0.5) is 0 Å². The number of Topliss-reactive ketones (excluding diaryl/α,β-unsaturated/α-hetero) is 1. The minimum atomic E-state index is -0.649. The second kappa shape index (κ2) is 9.46. The monoisotopic (exact) mass is 480 g/mol. The number of ketones is 1. The number of aliphatic imine (C=N–C) groups is 1. The smallest absolute Gasteiger partial charge is 0.336 e. The van der Waals surface area contributed by atoms with Crippen molar-refractivity contribution in [3.8, 4) is 5.75 Å². The highest BCUT2D eigenvalue weighted by atomic mass is 16.5. The van der Waals surface area contributed by atoms with Gasteiger partial charge in [-0.3, -0.25) is 4.79 Å². The van der Waals surface area contributed by atoms with Gasteiger partial charge >= 0.3 is 5.97 Å². The lowest BCUT2D eigenvalue weighted by atomic mass is 9.75. The van der Waals surface area contributed by atoms with E-state index in [0.717, 1.165) is 23.1 Å². The first-order valence-corrected chi connectivity index (χ1v) is 11.9. The van der Waals surface area contributed by atoms with E-state index in [1.54, 1.807) is 7.11 Å². The van der Waals surface area contributed by atoms with Gasteiger partial charge in [-0.2, -0.15) is 0 Å². The molecule has 3 aliphatic rings. The summed E-state index contributed by atoms with van der Waals surface area (Å²) < 4.78 is 10.4. The van der Waals surface area contributed by atoms with Crippen LogP contribution in [0.15, 0.2) is 95.3 Å². The number of ether oxygens (including phenoxy) is 2. The molecule has 2 aliphatic heterocycles. The molecule has 3 unspecified atom stereocenters. The van der Waals surface area contributed by atoms with Gasteiger partial charge in [0.05, 0.1) is 25.7 Å². The zero-order valence-electron chi connectivity index (χ0n) is 20.6. The minimum Gasteiger partial charge on any atom is -0.497 e. The number of nitrogens with one attached hydrogen (secondary N) is 1. The average molecular weight is 481 g/mol. The van der Waals surface area contributed by atoms with E-state index in [4.69, 9.17) is 14.5 Å². The van der Waals surface area contributed by atoms with Gasteiger partial charge < -0.3 is 14.8 Å². The van der Waals surface area contributed by atoms with Gasteiger partial charge in [-0.15, -0.1) is 6.58 Å². The standard InChI is InChI=1S/C30H28N2O4/c1-5-8-19-15-20(23-10-7-6-9-22(19)23)16-24-28(33)27-26(18-11-13-21(35-3)14-12-18)25(30(34)36-4)17(2)31-29(27)32-24/h5-7,9-16,19,26-27H,1,8H2,2-4H3,(H,31,32)/b24-16-. The molecule has 1 N–H and O–H groups in total. The van der Waals surface area contributed by atoms with Crippen LogP contribution in [0.25, 0.3) is 5.57 Å². The van der Waals surface area contributed by atoms with Crippen molar-refractivity contribution in [1.82, 2.24) is 5.32 Å². The first-order valence-electron chi connectivity index (χ1n) is 11.9. The van der Waals surface area contributed by atoms with Crippen molar-refractivity contribution in [2.75, 3.05) is 14.2 Å². The summed E-state index contributed by atoms with van der Waals surface area (Å²) in [6.45, 7) is 5.70. The lowest BCUT2D eigenvalue weighted by molar-refractivity contribution is -0.136. The van der Waals surface area contributed by atoms with Gasteiger partial charge in [0.25, 0.3) is 0 Å². The molecule has 0 amide bonds. The van der Waals surface area contributed by atoms with Crippen molar-refractivity contribution < 1.29 is 19.1 Å². The van der Waals surface area contributed by atoms with Crippen molar-refractivity contribution in [1.29, 1.82) is 0 Å². The van der Waals surface area contributed by atoms with Crippen molar-refractivity contribution in [2.45, 2.75) is 25.2 Å². The number of amidine groups is 1. The molecule has 5 rings (SSSR count). The second-order valence-electron chi connectivity index (χ2n) is 9.11. The summed E-state index contributed by atoms with van der Waals surface area (Å²) in [5.41, 5.74) is 5.55. The van der Waals surface area contributed by atoms with Gasteiger partial charge in [-0.1, -0.05) is 48.6 Å². The number of rotatable bonds is 6. The zero-order chi connectivity index (χ0) is 25.4. The van der Waals surface area contributed by atoms with Crippen LogP contribution in [-0.4, -0.2) is 31.8 Å². The Morgan fingerprint density at radius 3 is 2.56 bits per heavy atom. The predicted molar refractivity (Wildman–Crippen MR) is 140 cm³/mol. The third-order valence-electron chi connectivity index (χ3n) is 7.08. The summed E-state index contributed by atoms with van der Waals surface area (Å²) in [5.74, 6) is -0.309. The number of allylic oxidation sites excluding steroid dienone is 6. The third kappa shape index (κ3) is 3.88. The van der Waals surface area contributed by atoms with E-state index < -0.39 is 17.8 Å². The molecule has 6 nitrogen and oxygen atoms in total. The lowest BCUT2D eigenvalue weighted by Crippen LogP contribution is -2.42. The van der Waals surface area contributed by atoms with Gasteiger partial charge in [0.2, 0.25) is 0 Å². The molecule has 2 heterocycles. The van der Waals surface area contributed by atoms with Crippen LogP contribution in [0.3, 0.4) is 0 Å². The molecule has 182 valence electrons. The number of carbonyl (C=O) groups excluding carboxylic acids is 2. The summed E-state index contributed by atoms with van der Waals surface area (Å²) in [4.78, 5) is 31.4. The van der Waals surface area contributed by atoms with E-state index >= 15 is 0 Å².